The van der Waals surface area contributed by atoms with Crippen LogP contribution < -0.4 is 21.5 Å². The number of rotatable bonds is 5. The Hall–Kier alpha value is -2.64. The molecule has 122 valence electrons. The number of nitrogens with zero attached hydrogens (tertiary/aromatic N) is 4. The predicted octanol–water partition coefficient (Wildman–Crippen LogP) is 0.787. The van der Waals surface area contributed by atoms with Crippen LogP contribution in [0.25, 0.3) is 0 Å². The molecule has 1 aliphatic heterocycles. The second kappa shape index (κ2) is 7.08. The van der Waals surface area contributed by atoms with Gasteiger partial charge in [0.25, 0.3) is 5.56 Å². The molecule has 1 aliphatic rings. The molecule has 0 aliphatic carbocycles. The molecule has 0 saturated carbocycles. The van der Waals surface area contributed by atoms with Crippen molar-refractivity contribution in [2.45, 2.75) is 25.7 Å². The van der Waals surface area contributed by atoms with E-state index < -0.39 is 0 Å². The van der Waals surface area contributed by atoms with E-state index in [0.29, 0.717) is 18.8 Å². The number of anilines is 3. The molecule has 0 radical (unpaired) electrons. The van der Waals surface area contributed by atoms with Crippen molar-refractivity contribution in [1.82, 2.24) is 19.9 Å². The van der Waals surface area contributed by atoms with Gasteiger partial charge in [0, 0.05) is 38.2 Å². The van der Waals surface area contributed by atoms with E-state index in [0.717, 1.165) is 24.7 Å². The second-order valence-electron chi connectivity index (χ2n) is 5.60. The van der Waals surface area contributed by atoms with Crippen molar-refractivity contribution in [1.29, 1.82) is 0 Å². The third kappa shape index (κ3) is 4.18. The van der Waals surface area contributed by atoms with Crippen molar-refractivity contribution < 1.29 is 0 Å². The molecule has 2 aromatic rings. The minimum absolute atomic E-state index is 0.234. The Morgan fingerprint density at radius 3 is 2.83 bits per heavy atom. The monoisotopic (exact) mass is 315 g/mol. The van der Waals surface area contributed by atoms with Gasteiger partial charge in [0.1, 0.15) is 29.6 Å². The lowest BCUT2D eigenvalue weighted by Gasteiger charge is -2.27. The van der Waals surface area contributed by atoms with Gasteiger partial charge in [0.2, 0.25) is 0 Å². The van der Waals surface area contributed by atoms with E-state index in [2.05, 4.69) is 30.2 Å². The molecule has 0 amide bonds. The number of piperidine rings is 1. The van der Waals surface area contributed by atoms with Crippen LogP contribution in [0.2, 0.25) is 0 Å². The van der Waals surface area contributed by atoms with E-state index >= 15 is 0 Å². The fourth-order valence-electron chi connectivity index (χ4n) is 2.70. The van der Waals surface area contributed by atoms with Gasteiger partial charge in [-0.25, -0.2) is 15.0 Å². The molecular weight excluding hydrogens is 294 g/mol. The fourth-order valence-corrected chi connectivity index (χ4v) is 2.70. The van der Waals surface area contributed by atoms with Crippen LogP contribution >= 0.6 is 0 Å². The Labute approximate surface area is 134 Å². The van der Waals surface area contributed by atoms with Gasteiger partial charge in [-0.2, -0.15) is 0 Å². The zero-order valence-electron chi connectivity index (χ0n) is 13.0. The van der Waals surface area contributed by atoms with Crippen LogP contribution in [0.4, 0.5) is 17.5 Å². The lowest BCUT2D eigenvalue weighted by Crippen LogP contribution is -2.30. The highest BCUT2D eigenvalue weighted by atomic mass is 16.1. The predicted molar refractivity (Wildman–Crippen MR) is 89.6 cm³/mol. The second-order valence-corrected chi connectivity index (χ2v) is 5.60. The number of aromatic nitrogens is 4. The molecule has 8 nitrogen and oxygen atoms in total. The fraction of sp³-hybridized carbons (Fsp3) is 0.467. The molecule has 3 heterocycles. The standard InChI is InChI=1S/C15H21N7O/c16-11-8-15(23)21-12(20-11)4-5-17-13-9-14(19-10-18-13)22-6-2-1-3-7-22/h8-10H,1-7H2,(H,17,18,19)(H3,16,20,21,23). The van der Waals surface area contributed by atoms with Crippen molar-refractivity contribution in [3.63, 3.8) is 0 Å². The van der Waals surface area contributed by atoms with Gasteiger partial charge in [-0.1, -0.05) is 0 Å². The number of H-pyrrole nitrogens is 1. The zero-order chi connectivity index (χ0) is 16.1. The van der Waals surface area contributed by atoms with E-state index in [4.69, 9.17) is 5.73 Å². The molecule has 0 aromatic carbocycles. The van der Waals surface area contributed by atoms with E-state index in [1.807, 2.05) is 6.07 Å². The average Bonchev–Trinajstić information content (AvgIpc) is 2.55. The Bertz CT molecular complexity index is 709. The number of aromatic amines is 1. The Balaban J connectivity index is 1.58. The van der Waals surface area contributed by atoms with Gasteiger partial charge in [-0.3, -0.25) is 4.79 Å². The van der Waals surface area contributed by atoms with Crippen LogP contribution in [0, 0.1) is 0 Å². The van der Waals surface area contributed by atoms with Crippen molar-refractivity contribution in [3.8, 4) is 0 Å². The third-order valence-electron chi connectivity index (χ3n) is 3.81. The number of nitrogens with one attached hydrogen (secondary N) is 2. The van der Waals surface area contributed by atoms with Gasteiger partial charge in [0.05, 0.1) is 0 Å². The Kier molecular flexibility index (Phi) is 4.70. The highest BCUT2D eigenvalue weighted by molar-refractivity contribution is 5.48. The molecule has 0 bridgehead atoms. The minimum atomic E-state index is -0.234. The number of nitrogen functional groups attached to an aromatic ring is 1. The van der Waals surface area contributed by atoms with Gasteiger partial charge >= 0.3 is 0 Å². The first-order chi connectivity index (χ1) is 11.2. The summed E-state index contributed by atoms with van der Waals surface area (Å²) in [5.74, 6) is 2.52. The summed E-state index contributed by atoms with van der Waals surface area (Å²) in [7, 11) is 0. The molecule has 8 heteroatoms. The van der Waals surface area contributed by atoms with E-state index in [-0.39, 0.29) is 11.4 Å². The van der Waals surface area contributed by atoms with Gasteiger partial charge in [0.15, 0.2) is 0 Å². The van der Waals surface area contributed by atoms with Crippen molar-refractivity contribution >= 4 is 17.5 Å². The van der Waals surface area contributed by atoms with Crippen molar-refractivity contribution in [3.05, 3.63) is 34.6 Å². The van der Waals surface area contributed by atoms with E-state index in [1.54, 1.807) is 6.33 Å². The maximum absolute atomic E-state index is 11.3. The summed E-state index contributed by atoms with van der Waals surface area (Å²) >= 11 is 0. The largest absolute Gasteiger partial charge is 0.383 e. The van der Waals surface area contributed by atoms with E-state index in [9.17, 15) is 4.79 Å². The molecule has 0 spiro atoms. The van der Waals surface area contributed by atoms with Crippen LogP contribution in [-0.4, -0.2) is 39.6 Å². The van der Waals surface area contributed by atoms with Crippen molar-refractivity contribution in [2.24, 2.45) is 0 Å². The quantitative estimate of drug-likeness (QED) is 0.747. The molecule has 23 heavy (non-hydrogen) atoms. The normalized spacial score (nSPS) is 14.7. The topological polar surface area (TPSA) is 113 Å². The summed E-state index contributed by atoms with van der Waals surface area (Å²) in [6, 6.07) is 3.23. The van der Waals surface area contributed by atoms with Crippen LogP contribution in [0.1, 0.15) is 25.1 Å². The summed E-state index contributed by atoms with van der Waals surface area (Å²) in [6.45, 7) is 2.69. The first kappa shape index (κ1) is 15.3. The smallest absolute Gasteiger partial charge is 0.252 e. The van der Waals surface area contributed by atoms with Gasteiger partial charge < -0.3 is 20.9 Å². The molecule has 3 rings (SSSR count). The van der Waals surface area contributed by atoms with Crippen LogP contribution in [0.5, 0.6) is 0 Å². The van der Waals surface area contributed by atoms with Gasteiger partial charge in [-0.05, 0) is 19.3 Å². The molecule has 4 N–H and O–H groups in total. The van der Waals surface area contributed by atoms with Gasteiger partial charge in [-0.15, -0.1) is 0 Å². The summed E-state index contributed by atoms with van der Waals surface area (Å²) in [5, 5.41) is 3.23. The molecule has 1 fully saturated rings. The lowest BCUT2D eigenvalue weighted by atomic mass is 10.1. The summed E-state index contributed by atoms with van der Waals surface area (Å²) in [6.07, 6.45) is 5.84. The highest BCUT2D eigenvalue weighted by Gasteiger charge is 2.12. The first-order valence-electron chi connectivity index (χ1n) is 7.87. The number of hydrogen-bond donors (Lipinski definition) is 3. The minimum Gasteiger partial charge on any atom is -0.383 e. The lowest BCUT2D eigenvalue weighted by molar-refractivity contribution is 0.573. The molecule has 1 saturated heterocycles. The van der Waals surface area contributed by atoms with Crippen LogP contribution in [0.15, 0.2) is 23.3 Å². The summed E-state index contributed by atoms with van der Waals surface area (Å²) in [4.78, 5) is 29.0. The first-order valence-corrected chi connectivity index (χ1v) is 7.87. The third-order valence-corrected chi connectivity index (χ3v) is 3.81. The van der Waals surface area contributed by atoms with Crippen molar-refractivity contribution in [2.75, 3.05) is 35.6 Å². The molecular formula is C15H21N7O. The molecule has 0 unspecified atom stereocenters. The Morgan fingerprint density at radius 1 is 1.22 bits per heavy atom. The maximum atomic E-state index is 11.3. The van der Waals surface area contributed by atoms with E-state index in [1.165, 1.54) is 25.3 Å². The molecule has 2 aromatic heterocycles. The maximum Gasteiger partial charge on any atom is 0.252 e. The highest BCUT2D eigenvalue weighted by Crippen LogP contribution is 2.18. The zero-order valence-corrected chi connectivity index (χ0v) is 13.0. The van der Waals surface area contributed by atoms with Crippen LogP contribution in [-0.2, 0) is 6.42 Å². The number of nitrogens with two attached hydrogens (primary N) is 1. The number of hydrogen-bond acceptors (Lipinski definition) is 7. The average molecular weight is 315 g/mol. The molecule has 0 atom stereocenters. The SMILES string of the molecule is Nc1cc(=O)[nH]c(CCNc2cc(N3CCCCC3)ncn2)n1. The summed E-state index contributed by atoms with van der Waals surface area (Å²) in [5.41, 5.74) is 5.33. The van der Waals surface area contributed by atoms with Crippen LogP contribution in [0.3, 0.4) is 0 Å². The summed E-state index contributed by atoms with van der Waals surface area (Å²) < 4.78 is 0. The Morgan fingerprint density at radius 2 is 2.04 bits per heavy atom.